The lowest BCUT2D eigenvalue weighted by Gasteiger charge is -2.43. The molecule has 0 unspecified atom stereocenters. The average molecular weight is 418 g/mol. The molecule has 0 radical (unpaired) electrons. The number of carbonyl (C=O) groups excluding carboxylic acids is 1. The van der Waals surface area contributed by atoms with Gasteiger partial charge in [0.15, 0.2) is 0 Å². The van der Waals surface area contributed by atoms with Crippen LogP contribution in [-0.4, -0.2) is 76.9 Å². The quantitative estimate of drug-likeness (QED) is 0.815. The van der Waals surface area contributed by atoms with Crippen molar-refractivity contribution in [3.8, 4) is 0 Å². The van der Waals surface area contributed by atoms with Gasteiger partial charge in [-0.1, -0.05) is 23.7 Å². The predicted molar refractivity (Wildman–Crippen MR) is 112 cm³/mol. The third-order valence-corrected chi connectivity index (χ3v) is 7.44. The SMILES string of the molecule is Cn1c(C(=O)N2C[C@H]3C[C@@H](N4CCOCC4)[C@H](O)C[C@H]3C2)cc2cccc(Cl)c21. The van der Waals surface area contributed by atoms with Crippen LogP contribution in [0.1, 0.15) is 23.3 Å². The fourth-order valence-corrected chi connectivity index (χ4v) is 5.92. The summed E-state index contributed by atoms with van der Waals surface area (Å²) >= 11 is 6.36. The number of hydrogen-bond donors (Lipinski definition) is 1. The van der Waals surface area contributed by atoms with E-state index in [9.17, 15) is 9.90 Å². The predicted octanol–water partition coefficient (Wildman–Crippen LogP) is 2.38. The van der Waals surface area contributed by atoms with E-state index in [1.165, 1.54) is 0 Å². The topological polar surface area (TPSA) is 57.9 Å². The zero-order valence-electron chi connectivity index (χ0n) is 16.8. The summed E-state index contributed by atoms with van der Waals surface area (Å²) in [6.45, 7) is 4.76. The Labute approximate surface area is 176 Å². The standard InChI is InChI=1S/C22H28ClN3O3/c1-24-19(9-14-3-2-4-17(23)21(14)24)22(28)26-12-15-10-18(20(27)11-16(15)13-26)25-5-7-29-8-6-25/h2-4,9,15-16,18,20,27H,5-8,10-13H2,1H3/t15-,16+,18-,20-/m1/s1. The maximum absolute atomic E-state index is 13.3. The summed E-state index contributed by atoms with van der Waals surface area (Å²) in [7, 11) is 1.91. The minimum absolute atomic E-state index is 0.0616. The van der Waals surface area contributed by atoms with Gasteiger partial charge in [-0.15, -0.1) is 0 Å². The molecule has 5 rings (SSSR count). The Morgan fingerprint density at radius 2 is 1.90 bits per heavy atom. The molecule has 3 heterocycles. The van der Waals surface area contributed by atoms with E-state index >= 15 is 0 Å². The number of nitrogens with zero attached hydrogens (tertiary/aromatic N) is 3. The van der Waals surface area contributed by atoms with Gasteiger partial charge in [-0.2, -0.15) is 0 Å². The van der Waals surface area contributed by atoms with E-state index in [1.807, 2.05) is 40.8 Å². The van der Waals surface area contributed by atoms with Crippen molar-refractivity contribution in [2.75, 3.05) is 39.4 Å². The van der Waals surface area contributed by atoms with Gasteiger partial charge in [0.05, 0.1) is 29.9 Å². The summed E-state index contributed by atoms with van der Waals surface area (Å²) < 4.78 is 7.38. The summed E-state index contributed by atoms with van der Waals surface area (Å²) in [6, 6.07) is 7.89. The van der Waals surface area contributed by atoms with Crippen molar-refractivity contribution >= 4 is 28.4 Å². The van der Waals surface area contributed by atoms with Crippen LogP contribution in [0.15, 0.2) is 24.3 Å². The molecule has 29 heavy (non-hydrogen) atoms. The first-order valence-electron chi connectivity index (χ1n) is 10.6. The van der Waals surface area contributed by atoms with E-state index in [2.05, 4.69) is 4.90 Å². The van der Waals surface area contributed by atoms with Crippen LogP contribution in [0.2, 0.25) is 5.02 Å². The van der Waals surface area contributed by atoms with Crippen LogP contribution in [-0.2, 0) is 11.8 Å². The Morgan fingerprint density at radius 3 is 2.62 bits per heavy atom. The molecule has 2 aromatic rings. The molecule has 3 fully saturated rings. The van der Waals surface area contributed by atoms with Crippen LogP contribution in [0.25, 0.3) is 10.9 Å². The first kappa shape index (κ1) is 19.4. The normalized spacial score (nSPS) is 30.7. The van der Waals surface area contributed by atoms with Crippen LogP contribution in [0, 0.1) is 11.8 Å². The van der Waals surface area contributed by atoms with Crippen LogP contribution < -0.4 is 0 Å². The maximum atomic E-state index is 13.3. The van der Waals surface area contributed by atoms with Crippen LogP contribution in [0.3, 0.4) is 0 Å². The number of aliphatic hydroxyl groups excluding tert-OH is 1. The first-order valence-corrected chi connectivity index (χ1v) is 10.9. The number of halogens is 1. The van der Waals surface area contributed by atoms with Crippen molar-refractivity contribution < 1.29 is 14.6 Å². The molecular weight excluding hydrogens is 390 g/mol. The number of ether oxygens (including phenoxy) is 1. The molecule has 6 nitrogen and oxygen atoms in total. The highest BCUT2D eigenvalue weighted by atomic mass is 35.5. The van der Waals surface area contributed by atoms with Gasteiger partial charge in [-0.05, 0) is 36.8 Å². The number of amides is 1. The summed E-state index contributed by atoms with van der Waals surface area (Å²) in [4.78, 5) is 17.7. The number of aryl methyl sites for hydroxylation is 1. The van der Waals surface area contributed by atoms with E-state index in [0.717, 1.165) is 63.1 Å². The lowest BCUT2D eigenvalue weighted by atomic mass is 9.77. The Hall–Kier alpha value is -1.60. The zero-order chi connectivity index (χ0) is 20.1. The summed E-state index contributed by atoms with van der Waals surface area (Å²) in [6.07, 6.45) is 1.41. The third kappa shape index (κ3) is 3.36. The minimum Gasteiger partial charge on any atom is -0.391 e. The van der Waals surface area contributed by atoms with E-state index in [4.69, 9.17) is 16.3 Å². The molecule has 4 atom stereocenters. The monoisotopic (exact) mass is 417 g/mol. The molecule has 1 amide bonds. The fourth-order valence-electron chi connectivity index (χ4n) is 5.61. The highest BCUT2D eigenvalue weighted by Gasteiger charge is 2.45. The van der Waals surface area contributed by atoms with Crippen molar-refractivity contribution in [1.82, 2.24) is 14.4 Å². The number of aromatic nitrogens is 1. The van der Waals surface area contributed by atoms with Gasteiger partial charge < -0.3 is 19.3 Å². The molecule has 7 heteroatoms. The molecular formula is C22H28ClN3O3. The number of hydrogen-bond acceptors (Lipinski definition) is 4. The molecule has 0 bridgehead atoms. The number of rotatable bonds is 2. The molecule has 156 valence electrons. The van der Waals surface area contributed by atoms with Crippen LogP contribution in [0.5, 0.6) is 0 Å². The van der Waals surface area contributed by atoms with Crippen molar-refractivity contribution in [2.24, 2.45) is 18.9 Å². The second kappa shape index (κ2) is 7.58. The Balaban J connectivity index is 1.33. The van der Waals surface area contributed by atoms with Crippen molar-refractivity contribution in [2.45, 2.75) is 25.0 Å². The van der Waals surface area contributed by atoms with E-state index < -0.39 is 0 Å². The zero-order valence-corrected chi connectivity index (χ0v) is 17.5. The van der Waals surface area contributed by atoms with Crippen molar-refractivity contribution in [3.63, 3.8) is 0 Å². The fraction of sp³-hybridized carbons (Fsp3) is 0.591. The molecule has 1 aromatic heterocycles. The summed E-state index contributed by atoms with van der Waals surface area (Å²) in [5.74, 6) is 0.893. The van der Waals surface area contributed by atoms with Crippen LogP contribution in [0.4, 0.5) is 0 Å². The first-order chi connectivity index (χ1) is 14.0. The maximum Gasteiger partial charge on any atom is 0.270 e. The number of aliphatic hydroxyl groups is 1. The second-order valence-corrected chi connectivity index (χ2v) is 9.16. The lowest BCUT2D eigenvalue weighted by molar-refractivity contribution is -0.0520. The Bertz CT molecular complexity index is 923. The van der Waals surface area contributed by atoms with Gasteiger partial charge in [0, 0.05) is 44.7 Å². The highest BCUT2D eigenvalue weighted by molar-refractivity contribution is 6.35. The van der Waals surface area contributed by atoms with E-state index in [1.54, 1.807) is 0 Å². The van der Waals surface area contributed by atoms with E-state index in [0.29, 0.717) is 22.6 Å². The van der Waals surface area contributed by atoms with Gasteiger partial charge in [0.2, 0.25) is 0 Å². The van der Waals surface area contributed by atoms with Crippen molar-refractivity contribution in [1.29, 1.82) is 0 Å². The molecule has 1 saturated carbocycles. The largest absolute Gasteiger partial charge is 0.391 e. The van der Waals surface area contributed by atoms with E-state index in [-0.39, 0.29) is 18.1 Å². The number of likely N-dealkylation sites (tertiary alicyclic amines) is 1. The number of benzene rings is 1. The second-order valence-electron chi connectivity index (χ2n) is 8.75. The number of morpholine rings is 1. The average Bonchev–Trinajstić information content (AvgIpc) is 3.29. The van der Waals surface area contributed by atoms with Gasteiger partial charge >= 0.3 is 0 Å². The lowest BCUT2D eigenvalue weighted by Crippen LogP contribution is -2.53. The third-order valence-electron chi connectivity index (χ3n) is 7.14. The van der Waals surface area contributed by atoms with Crippen LogP contribution >= 0.6 is 11.6 Å². The molecule has 2 saturated heterocycles. The molecule has 1 aliphatic carbocycles. The van der Waals surface area contributed by atoms with Gasteiger partial charge in [0.1, 0.15) is 5.69 Å². The minimum atomic E-state index is -0.319. The molecule has 2 aliphatic heterocycles. The molecule has 1 aromatic carbocycles. The molecule has 0 spiro atoms. The Kier molecular flexibility index (Phi) is 5.06. The summed E-state index contributed by atoms with van der Waals surface area (Å²) in [5, 5.41) is 12.4. The van der Waals surface area contributed by atoms with Gasteiger partial charge in [-0.25, -0.2) is 0 Å². The summed E-state index contributed by atoms with van der Waals surface area (Å²) in [5.41, 5.74) is 1.58. The van der Waals surface area contributed by atoms with Gasteiger partial charge in [-0.3, -0.25) is 9.69 Å². The van der Waals surface area contributed by atoms with Crippen molar-refractivity contribution in [3.05, 3.63) is 35.0 Å². The Morgan fingerprint density at radius 1 is 1.17 bits per heavy atom. The van der Waals surface area contributed by atoms with Gasteiger partial charge in [0.25, 0.3) is 5.91 Å². The highest BCUT2D eigenvalue weighted by Crippen LogP contribution is 2.39. The molecule has 3 aliphatic rings. The molecule has 1 N–H and O–H groups in total. The number of carbonyl (C=O) groups is 1. The smallest absolute Gasteiger partial charge is 0.270 e. The number of para-hydroxylation sites is 1. The number of fused-ring (bicyclic) bond motifs is 2.